The van der Waals surface area contributed by atoms with Gasteiger partial charge in [-0.15, -0.1) is 0 Å². The highest BCUT2D eigenvalue weighted by Crippen LogP contribution is 2.54. The van der Waals surface area contributed by atoms with E-state index in [-0.39, 0.29) is 28.3 Å². The van der Waals surface area contributed by atoms with E-state index in [1.807, 2.05) is 24.3 Å². The molecule has 4 rings (SSSR count). The largest absolute Gasteiger partial charge is 0.497 e. The van der Waals surface area contributed by atoms with Gasteiger partial charge in [-0.3, -0.25) is 9.59 Å². The number of likely N-dealkylation sites (N-methyl/N-ethyl adjacent to an activating group) is 1. The van der Waals surface area contributed by atoms with Crippen molar-refractivity contribution in [2.24, 2.45) is 10.8 Å². The lowest BCUT2D eigenvalue weighted by Crippen LogP contribution is -2.46. The number of nitrogens with zero attached hydrogens (tertiary/aromatic N) is 2. The number of ketones is 2. The second-order valence-corrected chi connectivity index (χ2v) is 11.8. The summed E-state index contributed by atoms with van der Waals surface area (Å²) in [6.07, 6.45) is 2.73. The average Bonchev–Trinajstić information content (AvgIpc) is 2.70. The van der Waals surface area contributed by atoms with Crippen molar-refractivity contribution in [3.05, 3.63) is 52.4 Å². The van der Waals surface area contributed by atoms with E-state index in [4.69, 9.17) is 4.74 Å². The molecule has 178 valence electrons. The highest BCUT2D eigenvalue weighted by atomic mass is 16.5. The number of ether oxygens (including phenoxy) is 1. The first-order valence-electron chi connectivity index (χ1n) is 12.0. The van der Waals surface area contributed by atoms with Crippen LogP contribution in [0, 0.1) is 10.8 Å². The lowest BCUT2D eigenvalue weighted by molar-refractivity contribution is -0.119. The Balaban J connectivity index is 1.94. The zero-order valence-electron chi connectivity index (χ0n) is 21.2. The van der Waals surface area contributed by atoms with E-state index in [0.717, 1.165) is 59.8 Å². The highest BCUT2D eigenvalue weighted by Gasteiger charge is 2.48. The van der Waals surface area contributed by atoms with Crippen LogP contribution in [0.1, 0.15) is 64.9 Å². The van der Waals surface area contributed by atoms with Gasteiger partial charge in [0.15, 0.2) is 11.6 Å². The van der Waals surface area contributed by atoms with Crippen LogP contribution in [-0.2, 0) is 9.59 Å². The Morgan fingerprint density at radius 3 is 1.79 bits per heavy atom. The molecule has 0 unspecified atom stereocenters. The summed E-state index contributed by atoms with van der Waals surface area (Å²) < 4.78 is 5.37. The molecule has 0 aromatic heterocycles. The summed E-state index contributed by atoms with van der Waals surface area (Å²) in [6.45, 7) is 10.4. The number of allylic oxidation sites excluding steroid dienone is 4. The second-order valence-electron chi connectivity index (χ2n) is 11.8. The van der Waals surface area contributed by atoms with Gasteiger partial charge >= 0.3 is 0 Å². The maximum atomic E-state index is 13.7. The van der Waals surface area contributed by atoms with Crippen LogP contribution in [-0.4, -0.2) is 55.7 Å². The molecular weight excluding hydrogens is 412 g/mol. The van der Waals surface area contributed by atoms with E-state index in [2.05, 4.69) is 51.6 Å². The first-order chi connectivity index (χ1) is 15.4. The lowest BCUT2D eigenvalue weighted by atomic mass is 9.63. The number of rotatable bonds is 5. The number of carbonyl (C=O) groups excluding carboxylic acids is 2. The van der Waals surface area contributed by atoms with Crippen molar-refractivity contribution >= 4 is 11.6 Å². The molecule has 1 aromatic carbocycles. The molecular formula is C28H38N2O3. The number of benzene rings is 1. The van der Waals surface area contributed by atoms with Gasteiger partial charge in [-0.2, -0.15) is 0 Å². The Labute approximate surface area is 198 Å². The van der Waals surface area contributed by atoms with Crippen LogP contribution in [0.15, 0.2) is 46.8 Å². The first kappa shape index (κ1) is 23.7. The number of methoxy groups -OCH3 is 1. The van der Waals surface area contributed by atoms with E-state index in [1.54, 1.807) is 7.11 Å². The highest BCUT2D eigenvalue weighted by molar-refractivity contribution is 6.06. The molecule has 5 heteroatoms. The normalized spacial score (nSPS) is 22.6. The monoisotopic (exact) mass is 450 g/mol. The molecule has 0 spiro atoms. The molecule has 0 fully saturated rings. The third kappa shape index (κ3) is 4.52. The summed E-state index contributed by atoms with van der Waals surface area (Å²) in [5, 5.41) is 0. The minimum atomic E-state index is -0.288. The van der Waals surface area contributed by atoms with Gasteiger partial charge in [-0.05, 0) is 55.5 Å². The van der Waals surface area contributed by atoms with Crippen molar-refractivity contribution in [1.29, 1.82) is 0 Å². The summed E-state index contributed by atoms with van der Waals surface area (Å²) in [4.78, 5) is 31.9. The number of Topliss-reactive ketones (excluding diaryl/α,β-unsaturated/α-hetero) is 2. The molecule has 5 nitrogen and oxygen atoms in total. The summed E-state index contributed by atoms with van der Waals surface area (Å²) in [5.74, 6) is 0.851. The van der Waals surface area contributed by atoms with Crippen molar-refractivity contribution in [3.8, 4) is 5.75 Å². The molecule has 3 aliphatic rings. The smallest absolute Gasteiger partial charge is 0.162 e. The van der Waals surface area contributed by atoms with Gasteiger partial charge in [0, 0.05) is 54.4 Å². The van der Waals surface area contributed by atoms with E-state index < -0.39 is 0 Å². The number of hydrogen-bond acceptors (Lipinski definition) is 5. The molecule has 0 radical (unpaired) electrons. The van der Waals surface area contributed by atoms with Crippen LogP contribution < -0.4 is 4.74 Å². The van der Waals surface area contributed by atoms with Crippen molar-refractivity contribution in [1.82, 2.24) is 9.80 Å². The predicted molar refractivity (Wildman–Crippen MR) is 131 cm³/mol. The standard InChI is InChI=1S/C28H38N2O3/c1-27(2)14-20-25(22(31)16-27)24(18-8-10-19(33-7)11-9-18)26-21(30(20)13-12-29(5)6)15-28(3,4)17-23(26)32/h8-11,24H,12-17H2,1-7H3. The Morgan fingerprint density at radius 1 is 0.879 bits per heavy atom. The zero-order chi connectivity index (χ0) is 24.1. The predicted octanol–water partition coefficient (Wildman–Crippen LogP) is 4.94. The summed E-state index contributed by atoms with van der Waals surface area (Å²) >= 11 is 0. The SMILES string of the molecule is COc1ccc(C2C3=C(CC(C)(C)CC3=O)N(CCN(C)C)C3=C2C(=O)CC(C)(C)C3)cc1. The van der Waals surface area contributed by atoms with Crippen LogP contribution in [0.5, 0.6) is 5.75 Å². The van der Waals surface area contributed by atoms with E-state index >= 15 is 0 Å². The van der Waals surface area contributed by atoms with Crippen molar-refractivity contribution in [2.45, 2.75) is 59.3 Å². The molecule has 0 bridgehead atoms. The van der Waals surface area contributed by atoms with Crippen molar-refractivity contribution in [2.75, 3.05) is 34.3 Å². The third-order valence-electron chi connectivity index (χ3n) is 7.24. The molecule has 0 amide bonds. The third-order valence-corrected chi connectivity index (χ3v) is 7.24. The Morgan fingerprint density at radius 2 is 1.36 bits per heavy atom. The molecule has 0 atom stereocenters. The van der Waals surface area contributed by atoms with E-state index in [9.17, 15) is 9.59 Å². The Hall–Kier alpha value is -2.40. The lowest BCUT2D eigenvalue weighted by Gasteiger charge is -2.49. The van der Waals surface area contributed by atoms with Gasteiger partial charge in [-0.1, -0.05) is 39.8 Å². The first-order valence-corrected chi connectivity index (χ1v) is 12.0. The minimum absolute atomic E-state index is 0.0942. The quantitative estimate of drug-likeness (QED) is 0.636. The maximum absolute atomic E-state index is 13.7. The van der Waals surface area contributed by atoms with Crippen LogP contribution >= 0.6 is 0 Å². The van der Waals surface area contributed by atoms with Gasteiger partial charge in [-0.25, -0.2) is 0 Å². The summed E-state index contributed by atoms with van der Waals surface area (Å²) in [7, 11) is 5.79. The second kappa shape index (κ2) is 8.43. The van der Waals surface area contributed by atoms with Crippen LogP contribution in [0.3, 0.4) is 0 Å². The Bertz CT molecular complexity index is 974. The van der Waals surface area contributed by atoms with Gasteiger partial charge < -0.3 is 14.5 Å². The van der Waals surface area contributed by atoms with Gasteiger partial charge in [0.2, 0.25) is 0 Å². The molecule has 0 N–H and O–H groups in total. The van der Waals surface area contributed by atoms with Crippen LogP contribution in [0.2, 0.25) is 0 Å². The Kier molecular flexibility index (Phi) is 6.06. The van der Waals surface area contributed by atoms with Crippen LogP contribution in [0.25, 0.3) is 0 Å². The number of hydrogen-bond donors (Lipinski definition) is 0. The van der Waals surface area contributed by atoms with Gasteiger partial charge in [0.1, 0.15) is 5.75 Å². The fourth-order valence-corrected chi connectivity index (χ4v) is 5.75. The summed E-state index contributed by atoms with van der Waals surface area (Å²) in [6, 6.07) is 7.91. The summed E-state index contributed by atoms with van der Waals surface area (Å²) in [5.41, 5.74) is 4.75. The van der Waals surface area contributed by atoms with Gasteiger partial charge in [0.05, 0.1) is 7.11 Å². The fourth-order valence-electron chi connectivity index (χ4n) is 5.75. The maximum Gasteiger partial charge on any atom is 0.162 e. The van der Waals surface area contributed by atoms with E-state index in [1.165, 1.54) is 0 Å². The topological polar surface area (TPSA) is 49.9 Å². The van der Waals surface area contributed by atoms with Crippen LogP contribution in [0.4, 0.5) is 0 Å². The fraction of sp³-hybridized carbons (Fsp3) is 0.571. The molecule has 1 aliphatic heterocycles. The van der Waals surface area contributed by atoms with Gasteiger partial charge in [0.25, 0.3) is 0 Å². The molecule has 33 heavy (non-hydrogen) atoms. The minimum Gasteiger partial charge on any atom is -0.497 e. The zero-order valence-corrected chi connectivity index (χ0v) is 21.2. The molecule has 2 aliphatic carbocycles. The molecule has 1 heterocycles. The number of carbonyl (C=O) groups is 2. The molecule has 0 saturated carbocycles. The molecule has 0 saturated heterocycles. The average molecular weight is 451 g/mol. The van der Waals surface area contributed by atoms with E-state index in [0.29, 0.717) is 12.8 Å². The van der Waals surface area contributed by atoms with Crippen molar-refractivity contribution in [3.63, 3.8) is 0 Å². The molecule has 1 aromatic rings. The van der Waals surface area contributed by atoms with Crippen molar-refractivity contribution < 1.29 is 14.3 Å².